The quantitative estimate of drug-likeness (QED) is 0.775. The van der Waals surface area contributed by atoms with E-state index in [4.69, 9.17) is 0 Å². The molecular weight excluding hydrogens is 202 g/mol. The number of nitrogens with zero attached hydrogens (tertiary/aromatic N) is 2. The third-order valence-electron chi connectivity index (χ3n) is 3.49. The fraction of sp³-hybridized carbons (Fsp3) is 0.750. The summed E-state index contributed by atoms with van der Waals surface area (Å²) in [5.74, 6) is 0.0942. The van der Waals surface area contributed by atoms with E-state index < -0.39 is 0 Å². The molecule has 1 amide bonds. The zero-order valence-corrected chi connectivity index (χ0v) is 10.1. The van der Waals surface area contributed by atoms with Crippen LogP contribution in [0.4, 0.5) is 0 Å². The van der Waals surface area contributed by atoms with E-state index in [-0.39, 0.29) is 12.1 Å². The molecular formula is C12H21N3O. The Hall–Kier alpha value is -1.03. The van der Waals surface area contributed by atoms with E-state index >= 15 is 0 Å². The molecule has 4 nitrogen and oxygen atoms in total. The Kier molecular flexibility index (Phi) is 3.49. The van der Waals surface area contributed by atoms with Gasteiger partial charge in [-0.05, 0) is 19.8 Å². The van der Waals surface area contributed by atoms with E-state index in [1.54, 1.807) is 11.8 Å². The van der Waals surface area contributed by atoms with Crippen LogP contribution in [0.2, 0.25) is 0 Å². The summed E-state index contributed by atoms with van der Waals surface area (Å²) in [6.45, 7) is 3.64. The van der Waals surface area contributed by atoms with Gasteiger partial charge in [-0.25, -0.2) is 5.43 Å². The fourth-order valence-corrected chi connectivity index (χ4v) is 2.49. The van der Waals surface area contributed by atoms with Gasteiger partial charge < -0.3 is 0 Å². The van der Waals surface area contributed by atoms with Crippen LogP contribution in [0, 0.1) is 0 Å². The average Bonchev–Trinajstić information content (AvgIpc) is 2.62. The standard InChI is InChI=1S/C12H21N3O/c1-10-14(11(2)16)8-9-15(10)13-12-6-4-3-5-7-12/h8-10,12-13H,3-7H2,1-2H3. The monoisotopic (exact) mass is 223 g/mol. The van der Waals surface area contributed by atoms with E-state index in [9.17, 15) is 4.79 Å². The van der Waals surface area contributed by atoms with Crippen LogP contribution >= 0.6 is 0 Å². The van der Waals surface area contributed by atoms with Gasteiger partial charge in [0.1, 0.15) is 6.17 Å². The smallest absolute Gasteiger partial charge is 0.225 e. The van der Waals surface area contributed by atoms with Gasteiger partial charge in [-0.2, -0.15) is 0 Å². The van der Waals surface area contributed by atoms with Crippen molar-refractivity contribution in [2.45, 2.75) is 58.2 Å². The van der Waals surface area contributed by atoms with Gasteiger partial charge in [0, 0.05) is 25.4 Å². The van der Waals surface area contributed by atoms with Gasteiger partial charge >= 0.3 is 0 Å². The molecule has 1 N–H and O–H groups in total. The summed E-state index contributed by atoms with van der Waals surface area (Å²) >= 11 is 0. The molecule has 0 saturated heterocycles. The van der Waals surface area contributed by atoms with Gasteiger partial charge in [-0.15, -0.1) is 0 Å². The first-order valence-electron chi connectivity index (χ1n) is 6.20. The van der Waals surface area contributed by atoms with Crippen LogP contribution in [0.5, 0.6) is 0 Å². The van der Waals surface area contributed by atoms with Crippen LogP contribution < -0.4 is 5.43 Å². The number of amides is 1. The minimum atomic E-state index is 0.0942. The molecule has 1 aliphatic carbocycles. The van der Waals surface area contributed by atoms with E-state index in [1.165, 1.54) is 32.1 Å². The fourth-order valence-electron chi connectivity index (χ4n) is 2.49. The predicted octanol–water partition coefficient (Wildman–Crippen LogP) is 1.80. The largest absolute Gasteiger partial charge is 0.296 e. The van der Waals surface area contributed by atoms with Gasteiger partial charge in [0.05, 0.1) is 0 Å². The highest BCUT2D eigenvalue weighted by molar-refractivity contribution is 5.75. The lowest BCUT2D eigenvalue weighted by Gasteiger charge is -2.33. The number of hydrogen-bond acceptors (Lipinski definition) is 3. The van der Waals surface area contributed by atoms with Crippen molar-refractivity contribution in [3.8, 4) is 0 Å². The average molecular weight is 223 g/mol. The maximum Gasteiger partial charge on any atom is 0.225 e. The summed E-state index contributed by atoms with van der Waals surface area (Å²) in [5.41, 5.74) is 3.51. The molecule has 1 saturated carbocycles. The third kappa shape index (κ3) is 2.38. The van der Waals surface area contributed by atoms with Crippen molar-refractivity contribution in [3.63, 3.8) is 0 Å². The van der Waals surface area contributed by atoms with Crippen LogP contribution in [0.15, 0.2) is 12.4 Å². The van der Waals surface area contributed by atoms with Gasteiger partial charge in [-0.1, -0.05) is 19.3 Å². The topological polar surface area (TPSA) is 35.6 Å². The highest BCUT2D eigenvalue weighted by atomic mass is 16.2. The number of carbonyl (C=O) groups is 1. The molecule has 1 heterocycles. The molecule has 0 radical (unpaired) electrons. The molecule has 1 fully saturated rings. The van der Waals surface area contributed by atoms with Gasteiger partial charge in [-0.3, -0.25) is 14.7 Å². The third-order valence-corrected chi connectivity index (χ3v) is 3.49. The van der Waals surface area contributed by atoms with E-state index in [2.05, 4.69) is 10.4 Å². The molecule has 0 spiro atoms. The molecule has 2 aliphatic rings. The second-order valence-electron chi connectivity index (χ2n) is 4.73. The minimum Gasteiger partial charge on any atom is -0.296 e. The number of nitrogens with one attached hydrogen (secondary N) is 1. The molecule has 4 heteroatoms. The Bertz CT molecular complexity index is 284. The normalized spacial score (nSPS) is 26.5. The Morgan fingerprint density at radius 1 is 1.25 bits per heavy atom. The lowest BCUT2D eigenvalue weighted by molar-refractivity contribution is -0.129. The summed E-state index contributed by atoms with van der Waals surface area (Å²) in [7, 11) is 0. The van der Waals surface area contributed by atoms with Crippen molar-refractivity contribution in [2.24, 2.45) is 0 Å². The first kappa shape index (κ1) is 11.5. The van der Waals surface area contributed by atoms with Crippen LogP contribution in [0.3, 0.4) is 0 Å². The lowest BCUT2D eigenvalue weighted by Crippen LogP contribution is -2.49. The summed E-state index contributed by atoms with van der Waals surface area (Å²) in [4.78, 5) is 13.1. The van der Waals surface area contributed by atoms with Crippen molar-refractivity contribution in [2.75, 3.05) is 0 Å². The van der Waals surface area contributed by atoms with Gasteiger partial charge in [0.2, 0.25) is 5.91 Å². The molecule has 1 unspecified atom stereocenters. The molecule has 0 bridgehead atoms. The Balaban J connectivity index is 1.87. The molecule has 1 atom stereocenters. The first-order valence-corrected chi connectivity index (χ1v) is 6.20. The minimum absolute atomic E-state index is 0.0942. The summed E-state index contributed by atoms with van der Waals surface area (Å²) in [6, 6.07) is 0.577. The van der Waals surface area contributed by atoms with E-state index in [0.717, 1.165) is 0 Å². The number of hydrazine groups is 1. The zero-order valence-electron chi connectivity index (χ0n) is 10.1. The second kappa shape index (κ2) is 4.87. The zero-order chi connectivity index (χ0) is 11.5. The van der Waals surface area contributed by atoms with Crippen LogP contribution in [-0.4, -0.2) is 28.0 Å². The number of carbonyl (C=O) groups excluding carboxylic acids is 1. The predicted molar refractivity (Wildman–Crippen MR) is 63.0 cm³/mol. The van der Waals surface area contributed by atoms with Crippen molar-refractivity contribution in [1.29, 1.82) is 0 Å². The van der Waals surface area contributed by atoms with Crippen molar-refractivity contribution in [3.05, 3.63) is 12.4 Å². The summed E-state index contributed by atoms with van der Waals surface area (Å²) < 4.78 is 0. The van der Waals surface area contributed by atoms with Crippen molar-refractivity contribution < 1.29 is 4.79 Å². The Labute approximate surface area is 97.3 Å². The van der Waals surface area contributed by atoms with Gasteiger partial charge in [0.25, 0.3) is 0 Å². The Morgan fingerprint density at radius 2 is 1.94 bits per heavy atom. The van der Waals surface area contributed by atoms with Crippen LogP contribution in [-0.2, 0) is 4.79 Å². The SMILES string of the molecule is CC(=O)N1C=CN(NC2CCCCC2)C1C. The molecule has 16 heavy (non-hydrogen) atoms. The molecule has 0 aromatic heterocycles. The highest BCUT2D eigenvalue weighted by Gasteiger charge is 2.26. The number of rotatable bonds is 2. The maximum absolute atomic E-state index is 11.3. The van der Waals surface area contributed by atoms with Crippen molar-refractivity contribution >= 4 is 5.91 Å². The second-order valence-corrected chi connectivity index (χ2v) is 4.73. The maximum atomic E-state index is 11.3. The number of hydrogen-bond donors (Lipinski definition) is 1. The molecule has 90 valence electrons. The summed E-state index contributed by atoms with van der Waals surface area (Å²) in [5, 5.41) is 2.05. The molecule has 1 aliphatic heterocycles. The van der Waals surface area contributed by atoms with Crippen LogP contribution in [0.25, 0.3) is 0 Å². The first-order chi connectivity index (χ1) is 7.68. The van der Waals surface area contributed by atoms with Crippen molar-refractivity contribution in [1.82, 2.24) is 15.3 Å². The molecule has 2 rings (SSSR count). The molecule has 0 aromatic carbocycles. The Morgan fingerprint density at radius 3 is 2.50 bits per heavy atom. The highest BCUT2D eigenvalue weighted by Crippen LogP contribution is 2.20. The van der Waals surface area contributed by atoms with Gasteiger partial charge in [0.15, 0.2) is 0 Å². The summed E-state index contributed by atoms with van der Waals surface area (Å²) in [6.07, 6.45) is 10.4. The van der Waals surface area contributed by atoms with E-state index in [1.807, 2.05) is 19.3 Å². The lowest BCUT2D eigenvalue weighted by atomic mass is 9.96. The molecule has 0 aromatic rings. The van der Waals surface area contributed by atoms with E-state index in [0.29, 0.717) is 6.04 Å². The van der Waals surface area contributed by atoms with Crippen LogP contribution in [0.1, 0.15) is 46.0 Å².